The van der Waals surface area contributed by atoms with Crippen molar-refractivity contribution in [1.29, 1.82) is 0 Å². The number of hydrogen-bond acceptors (Lipinski definition) is 4. The second-order valence-corrected chi connectivity index (χ2v) is 6.34. The molecule has 1 aromatic carbocycles. The molecule has 2 N–H and O–H groups in total. The fourth-order valence-electron chi connectivity index (χ4n) is 4.28. The fourth-order valence-corrected chi connectivity index (χ4v) is 4.28. The lowest BCUT2D eigenvalue weighted by Gasteiger charge is -2.47. The highest BCUT2D eigenvalue weighted by atomic mass is 16.5. The molecule has 0 bridgehead atoms. The van der Waals surface area contributed by atoms with Gasteiger partial charge in [-0.25, -0.2) is 0 Å². The van der Waals surface area contributed by atoms with Gasteiger partial charge < -0.3 is 15.4 Å². The molecule has 2 aliphatic rings. The van der Waals surface area contributed by atoms with E-state index in [1.165, 1.54) is 32.4 Å². The number of anilines is 1. The lowest BCUT2D eigenvalue weighted by molar-refractivity contribution is 0.157. The molecule has 0 amide bonds. The Balaban J connectivity index is 1.95. The van der Waals surface area contributed by atoms with Crippen molar-refractivity contribution >= 4 is 5.69 Å². The zero-order chi connectivity index (χ0) is 14.9. The van der Waals surface area contributed by atoms with Crippen LogP contribution in [-0.2, 0) is 0 Å². The van der Waals surface area contributed by atoms with E-state index in [1.807, 2.05) is 12.1 Å². The van der Waals surface area contributed by atoms with Crippen molar-refractivity contribution in [2.24, 2.45) is 5.73 Å². The Hall–Kier alpha value is -1.26. The Morgan fingerprint density at radius 3 is 2.90 bits per heavy atom. The molecule has 2 unspecified atom stereocenters. The van der Waals surface area contributed by atoms with Crippen LogP contribution >= 0.6 is 0 Å². The van der Waals surface area contributed by atoms with Crippen molar-refractivity contribution in [1.82, 2.24) is 4.90 Å². The normalized spacial score (nSPS) is 29.2. The van der Waals surface area contributed by atoms with Crippen molar-refractivity contribution in [3.8, 4) is 5.75 Å². The Kier molecular flexibility index (Phi) is 4.09. The predicted molar refractivity (Wildman–Crippen MR) is 87.0 cm³/mol. The van der Waals surface area contributed by atoms with Crippen molar-refractivity contribution < 1.29 is 4.74 Å². The molecular weight excluding hydrogens is 262 g/mol. The zero-order valence-electron chi connectivity index (χ0n) is 13.2. The SMILES string of the molecule is COc1ccccc1N(C)C1(CN)CCN2CCCCC21. The van der Waals surface area contributed by atoms with Crippen molar-refractivity contribution in [3.63, 3.8) is 0 Å². The van der Waals surface area contributed by atoms with Gasteiger partial charge in [0.2, 0.25) is 0 Å². The number of fused-ring (bicyclic) bond motifs is 1. The third kappa shape index (κ3) is 2.30. The number of piperidine rings is 1. The number of methoxy groups -OCH3 is 1. The van der Waals surface area contributed by atoms with Gasteiger partial charge in [0.1, 0.15) is 5.75 Å². The minimum atomic E-state index is 0.0368. The maximum absolute atomic E-state index is 6.30. The van der Waals surface area contributed by atoms with Crippen LogP contribution in [0.5, 0.6) is 5.75 Å². The number of nitrogens with zero attached hydrogens (tertiary/aromatic N) is 2. The van der Waals surface area contributed by atoms with Crippen LogP contribution in [0, 0.1) is 0 Å². The monoisotopic (exact) mass is 289 g/mol. The van der Waals surface area contributed by atoms with Crippen LogP contribution in [0.15, 0.2) is 24.3 Å². The quantitative estimate of drug-likeness (QED) is 0.921. The first kappa shape index (κ1) is 14.7. The first-order chi connectivity index (χ1) is 10.2. The lowest BCUT2D eigenvalue weighted by Crippen LogP contribution is -2.61. The van der Waals surface area contributed by atoms with E-state index in [2.05, 4.69) is 29.0 Å². The third-order valence-electron chi connectivity index (χ3n) is 5.53. The van der Waals surface area contributed by atoms with Gasteiger partial charge in [-0.2, -0.15) is 0 Å². The van der Waals surface area contributed by atoms with E-state index >= 15 is 0 Å². The molecule has 2 atom stereocenters. The van der Waals surface area contributed by atoms with E-state index in [0.29, 0.717) is 12.6 Å². The largest absolute Gasteiger partial charge is 0.495 e. The summed E-state index contributed by atoms with van der Waals surface area (Å²) >= 11 is 0. The number of rotatable bonds is 4. The maximum atomic E-state index is 6.30. The molecule has 4 heteroatoms. The molecule has 116 valence electrons. The fraction of sp³-hybridized carbons (Fsp3) is 0.647. The molecule has 1 aromatic rings. The molecule has 2 aliphatic heterocycles. The summed E-state index contributed by atoms with van der Waals surface area (Å²) in [6.07, 6.45) is 5.05. The highest BCUT2D eigenvalue weighted by molar-refractivity contribution is 5.60. The van der Waals surface area contributed by atoms with E-state index in [0.717, 1.165) is 17.9 Å². The molecule has 2 saturated heterocycles. The second kappa shape index (κ2) is 5.85. The van der Waals surface area contributed by atoms with E-state index in [4.69, 9.17) is 10.5 Å². The van der Waals surface area contributed by atoms with Gasteiger partial charge in [-0.15, -0.1) is 0 Å². The first-order valence-electron chi connectivity index (χ1n) is 8.04. The highest BCUT2D eigenvalue weighted by Crippen LogP contribution is 2.42. The van der Waals surface area contributed by atoms with Gasteiger partial charge in [0.25, 0.3) is 0 Å². The van der Waals surface area contributed by atoms with Gasteiger partial charge in [-0.05, 0) is 37.9 Å². The predicted octanol–water partition coefficient (Wildman–Crippen LogP) is 2.09. The smallest absolute Gasteiger partial charge is 0.142 e. The standard InChI is InChI=1S/C17H27N3O/c1-19(14-7-3-4-8-15(14)21-2)17(13-18)10-12-20-11-6-5-9-16(17)20/h3-4,7-8,16H,5-6,9-13,18H2,1-2H3. The average Bonchev–Trinajstić information content (AvgIpc) is 2.94. The summed E-state index contributed by atoms with van der Waals surface area (Å²) in [5, 5.41) is 0. The Morgan fingerprint density at radius 2 is 2.14 bits per heavy atom. The Labute approximate surface area is 127 Å². The van der Waals surface area contributed by atoms with Gasteiger partial charge >= 0.3 is 0 Å². The summed E-state index contributed by atoms with van der Waals surface area (Å²) in [5.74, 6) is 0.932. The molecule has 4 nitrogen and oxygen atoms in total. The summed E-state index contributed by atoms with van der Waals surface area (Å²) < 4.78 is 5.56. The molecule has 0 saturated carbocycles. The summed E-state index contributed by atoms with van der Waals surface area (Å²) in [5.41, 5.74) is 7.48. The van der Waals surface area contributed by atoms with Crippen LogP contribution in [0.3, 0.4) is 0 Å². The van der Waals surface area contributed by atoms with E-state index < -0.39 is 0 Å². The van der Waals surface area contributed by atoms with Crippen LogP contribution in [-0.4, -0.2) is 50.3 Å². The number of ether oxygens (including phenoxy) is 1. The van der Waals surface area contributed by atoms with Crippen LogP contribution in [0.2, 0.25) is 0 Å². The van der Waals surface area contributed by atoms with Crippen molar-refractivity contribution in [2.75, 3.05) is 38.7 Å². The minimum Gasteiger partial charge on any atom is -0.495 e. The van der Waals surface area contributed by atoms with E-state index in [9.17, 15) is 0 Å². The number of nitrogens with two attached hydrogens (primary N) is 1. The molecule has 0 aromatic heterocycles. The second-order valence-electron chi connectivity index (χ2n) is 6.34. The lowest BCUT2D eigenvalue weighted by atomic mass is 9.83. The van der Waals surface area contributed by atoms with Crippen LogP contribution in [0.4, 0.5) is 5.69 Å². The van der Waals surface area contributed by atoms with Crippen LogP contribution in [0.25, 0.3) is 0 Å². The summed E-state index contributed by atoms with van der Waals surface area (Å²) in [6.45, 7) is 3.09. The molecule has 3 rings (SSSR count). The molecular formula is C17H27N3O. The maximum Gasteiger partial charge on any atom is 0.142 e. The minimum absolute atomic E-state index is 0.0368. The van der Waals surface area contributed by atoms with Gasteiger partial charge in [0, 0.05) is 26.2 Å². The molecule has 2 fully saturated rings. The average molecular weight is 289 g/mol. The summed E-state index contributed by atoms with van der Waals surface area (Å²) in [7, 11) is 3.92. The zero-order valence-corrected chi connectivity index (χ0v) is 13.2. The van der Waals surface area contributed by atoms with Gasteiger partial charge in [0.15, 0.2) is 0 Å². The number of para-hydroxylation sites is 2. The Bertz CT molecular complexity index is 493. The number of benzene rings is 1. The molecule has 0 aliphatic carbocycles. The summed E-state index contributed by atoms with van der Waals surface area (Å²) in [6, 6.07) is 8.84. The van der Waals surface area contributed by atoms with E-state index in [-0.39, 0.29) is 5.54 Å². The van der Waals surface area contributed by atoms with Gasteiger partial charge in [-0.1, -0.05) is 18.6 Å². The molecule has 21 heavy (non-hydrogen) atoms. The van der Waals surface area contributed by atoms with Crippen LogP contribution in [0.1, 0.15) is 25.7 Å². The molecule has 2 heterocycles. The van der Waals surface area contributed by atoms with Crippen LogP contribution < -0.4 is 15.4 Å². The van der Waals surface area contributed by atoms with Crippen molar-refractivity contribution in [3.05, 3.63) is 24.3 Å². The molecule has 0 spiro atoms. The topological polar surface area (TPSA) is 41.7 Å². The Morgan fingerprint density at radius 1 is 1.33 bits per heavy atom. The van der Waals surface area contributed by atoms with Gasteiger partial charge in [-0.3, -0.25) is 4.90 Å². The van der Waals surface area contributed by atoms with E-state index in [1.54, 1.807) is 7.11 Å². The van der Waals surface area contributed by atoms with Gasteiger partial charge in [0.05, 0.1) is 18.3 Å². The summed E-state index contributed by atoms with van der Waals surface area (Å²) in [4.78, 5) is 5.03. The highest BCUT2D eigenvalue weighted by Gasteiger charge is 2.50. The number of hydrogen-bond donors (Lipinski definition) is 1. The van der Waals surface area contributed by atoms with Crippen molar-refractivity contribution in [2.45, 2.75) is 37.3 Å². The number of likely N-dealkylation sites (N-methyl/N-ethyl adjacent to an activating group) is 1. The third-order valence-corrected chi connectivity index (χ3v) is 5.53. The first-order valence-corrected chi connectivity index (χ1v) is 8.04. The molecule has 0 radical (unpaired) electrons.